The van der Waals surface area contributed by atoms with Crippen LogP contribution in [0, 0.1) is 0 Å². The van der Waals surface area contributed by atoms with Crippen LogP contribution in [0.5, 0.6) is 11.5 Å². The molecular formula is C23H28NO3+. The van der Waals surface area contributed by atoms with E-state index in [0.29, 0.717) is 31.3 Å². The van der Waals surface area contributed by atoms with E-state index >= 15 is 0 Å². The van der Waals surface area contributed by atoms with Gasteiger partial charge in [0.2, 0.25) is 0 Å². The Morgan fingerprint density at radius 3 is 2.67 bits per heavy atom. The Balaban J connectivity index is 1.30. The Morgan fingerprint density at radius 2 is 1.85 bits per heavy atom. The minimum Gasteiger partial charge on any atom is -0.486 e. The fourth-order valence-electron chi connectivity index (χ4n) is 4.36. The Labute approximate surface area is 161 Å². The molecule has 27 heavy (non-hydrogen) atoms. The van der Waals surface area contributed by atoms with E-state index in [1.165, 1.54) is 25.1 Å². The van der Waals surface area contributed by atoms with E-state index in [0.717, 1.165) is 28.8 Å². The van der Waals surface area contributed by atoms with Crippen LogP contribution in [0.3, 0.4) is 0 Å². The lowest BCUT2D eigenvalue weighted by atomic mass is 9.99. The number of quaternary nitrogens is 1. The van der Waals surface area contributed by atoms with Crippen LogP contribution in [0.15, 0.2) is 48.5 Å². The van der Waals surface area contributed by atoms with Crippen molar-refractivity contribution < 1.29 is 18.8 Å². The van der Waals surface area contributed by atoms with E-state index in [1.54, 1.807) is 0 Å². The average molecular weight is 366 g/mol. The Hall–Kier alpha value is -2.33. The molecule has 0 spiro atoms. The minimum atomic E-state index is 0.192. The van der Waals surface area contributed by atoms with E-state index in [1.807, 2.05) is 18.2 Å². The van der Waals surface area contributed by atoms with Crippen molar-refractivity contribution in [1.29, 1.82) is 0 Å². The average Bonchev–Trinajstić information content (AvgIpc) is 3.10. The van der Waals surface area contributed by atoms with Gasteiger partial charge in [-0.1, -0.05) is 30.3 Å². The second-order valence-electron chi connectivity index (χ2n) is 8.03. The lowest BCUT2D eigenvalue weighted by Crippen LogP contribution is -2.42. The van der Waals surface area contributed by atoms with Crippen molar-refractivity contribution in [3.05, 3.63) is 59.7 Å². The monoisotopic (exact) mass is 366 g/mol. The van der Waals surface area contributed by atoms with Gasteiger partial charge in [-0.15, -0.1) is 0 Å². The minimum absolute atomic E-state index is 0.192. The Kier molecular flexibility index (Phi) is 5.17. The number of Topliss-reactive ketones (excluding diaryl/α,β-unsaturated/α-hetero) is 1. The summed E-state index contributed by atoms with van der Waals surface area (Å²) in [6.45, 7) is 4.53. The number of ketones is 1. The topological polar surface area (TPSA) is 35.5 Å². The van der Waals surface area contributed by atoms with Crippen LogP contribution in [0.1, 0.15) is 41.1 Å². The predicted octanol–water partition coefficient (Wildman–Crippen LogP) is 4.05. The van der Waals surface area contributed by atoms with Crippen molar-refractivity contribution in [2.24, 2.45) is 0 Å². The van der Waals surface area contributed by atoms with E-state index in [-0.39, 0.29) is 5.78 Å². The molecule has 0 aliphatic carbocycles. The lowest BCUT2D eigenvalue weighted by molar-refractivity contribution is -0.898. The molecule has 2 aliphatic heterocycles. The van der Waals surface area contributed by atoms with Crippen LogP contribution < -0.4 is 9.47 Å². The molecule has 1 fully saturated rings. The molecule has 1 saturated heterocycles. The van der Waals surface area contributed by atoms with Gasteiger partial charge in [0.25, 0.3) is 0 Å². The first-order valence-corrected chi connectivity index (χ1v) is 9.94. The molecule has 4 heteroatoms. The standard InChI is InChI=1S/C23H28NO3/c1-24(13-11-20(17-24)18-6-3-2-4-7-18)12-5-8-21(25)19-9-10-22-23(16-19)27-15-14-26-22/h2-4,6-7,9-10,16,20H,5,8,11-15,17H2,1H3/q+1/t20-,24?/m0/s1. The molecule has 2 aromatic rings. The molecule has 2 heterocycles. The van der Waals surface area contributed by atoms with Gasteiger partial charge >= 0.3 is 0 Å². The molecule has 0 aromatic heterocycles. The normalized spacial score (nSPS) is 24.0. The maximum Gasteiger partial charge on any atom is 0.163 e. The highest BCUT2D eigenvalue weighted by atomic mass is 16.6. The van der Waals surface area contributed by atoms with Crippen molar-refractivity contribution >= 4 is 5.78 Å². The van der Waals surface area contributed by atoms with Gasteiger partial charge in [0.1, 0.15) is 13.2 Å². The van der Waals surface area contributed by atoms with Crippen molar-refractivity contribution in [2.45, 2.75) is 25.2 Å². The molecule has 0 amide bonds. The number of ether oxygens (including phenoxy) is 2. The van der Waals surface area contributed by atoms with Gasteiger partial charge in [-0.2, -0.15) is 0 Å². The molecule has 0 saturated carbocycles. The molecule has 0 N–H and O–H groups in total. The number of nitrogens with zero attached hydrogens (tertiary/aromatic N) is 1. The van der Waals surface area contributed by atoms with Crippen molar-refractivity contribution in [2.75, 3.05) is 39.9 Å². The first-order chi connectivity index (χ1) is 13.1. The zero-order chi connectivity index (χ0) is 18.7. The number of hydrogen-bond acceptors (Lipinski definition) is 3. The Morgan fingerprint density at radius 1 is 1.07 bits per heavy atom. The lowest BCUT2D eigenvalue weighted by Gasteiger charge is -2.29. The molecule has 1 unspecified atom stereocenters. The molecule has 0 radical (unpaired) electrons. The molecule has 2 atom stereocenters. The molecule has 4 rings (SSSR count). The van der Waals surface area contributed by atoms with E-state index in [4.69, 9.17) is 9.47 Å². The quantitative estimate of drug-likeness (QED) is 0.571. The molecular weight excluding hydrogens is 338 g/mol. The summed E-state index contributed by atoms with van der Waals surface area (Å²) < 4.78 is 12.2. The smallest absolute Gasteiger partial charge is 0.163 e. The summed E-state index contributed by atoms with van der Waals surface area (Å²) in [4.78, 5) is 12.6. The summed E-state index contributed by atoms with van der Waals surface area (Å²) in [6.07, 6.45) is 2.74. The van der Waals surface area contributed by atoms with Crippen LogP contribution in [-0.4, -0.2) is 50.2 Å². The molecule has 2 aliphatic rings. The van der Waals surface area contributed by atoms with Crippen molar-refractivity contribution in [3.63, 3.8) is 0 Å². The van der Waals surface area contributed by atoms with Gasteiger partial charge in [-0.3, -0.25) is 4.79 Å². The predicted molar refractivity (Wildman–Crippen MR) is 106 cm³/mol. The molecule has 2 aromatic carbocycles. The van der Waals surface area contributed by atoms with E-state index < -0.39 is 0 Å². The van der Waals surface area contributed by atoms with Crippen LogP contribution in [0.4, 0.5) is 0 Å². The van der Waals surface area contributed by atoms with Crippen molar-refractivity contribution in [1.82, 2.24) is 0 Å². The number of carbonyl (C=O) groups is 1. The van der Waals surface area contributed by atoms with Gasteiger partial charge in [0.05, 0.1) is 26.7 Å². The summed E-state index contributed by atoms with van der Waals surface area (Å²) in [5.41, 5.74) is 2.18. The second-order valence-corrected chi connectivity index (χ2v) is 8.03. The number of likely N-dealkylation sites (N-methyl/N-ethyl adjacent to an activating group) is 1. The van der Waals surface area contributed by atoms with E-state index in [9.17, 15) is 4.79 Å². The third-order valence-corrected chi connectivity index (χ3v) is 5.92. The summed E-state index contributed by atoms with van der Waals surface area (Å²) in [7, 11) is 2.33. The van der Waals surface area contributed by atoms with Gasteiger partial charge in [0, 0.05) is 30.7 Å². The Bertz CT molecular complexity index is 805. The number of rotatable bonds is 6. The number of fused-ring (bicyclic) bond motifs is 1. The maximum atomic E-state index is 12.6. The molecule has 4 nitrogen and oxygen atoms in total. The third kappa shape index (κ3) is 4.16. The van der Waals surface area contributed by atoms with E-state index in [2.05, 4.69) is 37.4 Å². The number of benzene rings is 2. The third-order valence-electron chi connectivity index (χ3n) is 5.92. The fourth-order valence-corrected chi connectivity index (χ4v) is 4.36. The van der Waals surface area contributed by atoms with Gasteiger partial charge in [-0.05, 0) is 23.8 Å². The van der Waals surface area contributed by atoms with Gasteiger partial charge < -0.3 is 14.0 Å². The first-order valence-electron chi connectivity index (χ1n) is 9.94. The summed E-state index contributed by atoms with van der Waals surface area (Å²) in [5, 5.41) is 0. The van der Waals surface area contributed by atoms with Crippen LogP contribution in [0.25, 0.3) is 0 Å². The number of hydrogen-bond donors (Lipinski definition) is 0. The van der Waals surface area contributed by atoms with Gasteiger partial charge in [-0.25, -0.2) is 0 Å². The SMILES string of the molecule is C[N+]1(CCCC(=O)c2ccc3c(c2)OCCO3)CC[C@H](c2ccccc2)C1. The highest BCUT2D eigenvalue weighted by molar-refractivity contribution is 5.96. The summed E-state index contributed by atoms with van der Waals surface area (Å²) in [6, 6.07) is 16.4. The second kappa shape index (κ2) is 7.73. The summed E-state index contributed by atoms with van der Waals surface area (Å²) in [5.74, 6) is 2.26. The largest absolute Gasteiger partial charge is 0.486 e. The highest BCUT2D eigenvalue weighted by Gasteiger charge is 2.34. The summed E-state index contributed by atoms with van der Waals surface area (Å²) >= 11 is 0. The first kappa shape index (κ1) is 18.1. The maximum absolute atomic E-state index is 12.6. The zero-order valence-electron chi connectivity index (χ0n) is 16.0. The fraction of sp³-hybridized carbons (Fsp3) is 0.435. The molecule has 0 bridgehead atoms. The van der Waals surface area contributed by atoms with Crippen LogP contribution in [-0.2, 0) is 0 Å². The van der Waals surface area contributed by atoms with Gasteiger partial charge in [0.15, 0.2) is 17.3 Å². The number of likely N-dealkylation sites (tertiary alicyclic amines) is 1. The van der Waals surface area contributed by atoms with Crippen LogP contribution in [0.2, 0.25) is 0 Å². The number of carbonyl (C=O) groups excluding carboxylic acids is 1. The highest BCUT2D eigenvalue weighted by Crippen LogP contribution is 2.33. The molecule has 142 valence electrons. The zero-order valence-corrected chi connectivity index (χ0v) is 16.0. The van der Waals surface area contributed by atoms with Crippen molar-refractivity contribution in [3.8, 4) is 11.5 Å². The van der Waals surface area contributed by atoms with Crippen LogP contribution >= 0.6 is 0 Å².